The summed E-state index contributed by atoms with van der Waals surface area (Å²) >= 11 is 3.32. The van der Waals surface area contributed by atoms with Gasteiger partial charge < -0.3 is 4.52 Å². The third-order valence-corrected chi connectivity index (χ3v) is 3.05. The highest BCUT2D eigenvalue weighted by atomic mass is 79.9. The predicted molar refractivity (Wildman–Crippen MR) is 67.1 cm³/mol. The number of hydrogen-bond donors (Lipinski definition) is 0. The molecule has 0 aliphatic carbocycles. The number of rotatable bonds is 1. The monoisotopic (exact) mass is 291 g/mol. The highest BCUT2D eigenvalue weighted by molar-refractivity contribution is 9.10. The van der Waals surface area contributed by atoms with E-state index < -0.39 is 0 Å². The molecule has 4 heteroatoms. The maximum Gasteiger partial charge on any atom is 0.167 e. The largest absolute Gasteiger partial charge is 0.356 e. The molecule has 0 saturated heterocycles. The predicted octanol–water partition coefficient (Wildman–Crippen LogP) is 4.40. The summed E-state index contributed by atoms with van der Waals surface area (Å²) < 4.78 is 19.7. The number of halogens is 2. The van der Waals surface area contributed by atoms with E-state index >= 15 is 0 Å². The maximum atomic E-state index is 13.8. The van der Waals surface area contributed by atoms with Crippen molar-refractivity contribution in [2.24, 2.45) is 0 Å². The molecule has 3 aromatic rings. The van der Waals surface area contributed by atoms with Crippen molar-refractivity contribution in [3.05, 3.63) is 52.8 Å². The van der Waals surface area contributed by atoms with Crippen LogP contribution in [0.2, 0.25) is 0 Å². The fourth-order valence-electron chi connectivity index (χ4n) is 1.76. The van der Waals surface area contributed by atoms with Crippen molar-refractivity contribution in [3.63, 3.8) is 0 Å². The lowest BCUT2D eigenvalue weighted by molar-refractivity contribution is 0.458. The van der Waals surface area contributed by atoms with E-state index in [0.29, 0.717) is 16.8 Å². The second kappa shape index (κ2) is 3.96. The summed E-state index contributed by atoms with van der Waals surface area (Å²) in [7, 11) is 0. The molecule has 0 saturated carbocycles. The van der Waals surface area contributed by atoms with Crippen LogP contribution in [0.25, 0.3) is 22.2 Å². The van der Waals surface area contributed by atoms with Crippen LogP contribution in [0.5, 0.6) is 0 Å². The van der Waals surface area contributed by atoms with Crippen molar-refractivity contribution in [1.29, 1.82) is 0 Å². The molecule has 0 fully saturated rings. The van der Waals surface area contributed by atoms with E-state index in [-0.39, 0.29) is 5.82 Å². The normalized spacial score (nSPS) is 10.9. The first-order valence-electron chi connectivity index (χ1n) is 5.05. The van der Waals surface area contributed by atoms with Crippen molar-refractivity contribution in [3.8, 4) is 11.3 Å². The van der Waals surface area contributed by atoms with E-state index in [4.69, 9.17) is 4.52 Å². The Kier molecular flexibility index (Phi) is 2.44. The Morgan fingerprint density at radius 3 is 2.82 bits per heavy atom. The summed E-state index contributed by atoms with van der Waals surface area (Å²) in [6.45, 7) is 0. The number of para-hydroxylation sites is 1. The van der Waals surface area contributed by atoms with Crippen LogP contribution < -0.4 is 0 Å². The first-order chi connectivity index (χ1) is 8.25. The van der Waals surface area contributed by atoms with Gasteiger partial charge >= 0.3 is 0 Å². The Morgan fingerprint density at radius 1 is 1.12 bits per heavy atom. The van der Waals surface area contributed by atoms with E-state index in [1.165, 1.54) is 6.07 Å². The van der Waals surface area contributed by atoms with E-state index in [2.05, 4.69) is 21.1 Å². The quantitative estimate of drug-likeness (QED) is 0.664. The number of fused-ring (bicyclic) bond motifs is 1. The highest BCUT2D eigenvalue weighted by Crippen LogP contribution is 2.31. The van der Waals surface area contributed by atoms with Crippen molar-refractivity contribution < 1.29 is 8.91 Å². The van der Waals surface area contributed by atoms with Crippen molar-refractivity contribution in [1.82, 2.24) is 5.16 Å². The third kappa shape index (κ3) is 1.74. The summed E-state index contributed by atoms with van der Waals surface area (Å²) in [5.74, 6) is -0.313. The summed E-state index contributed by atoms with van der Waals surface area (Å²) in [6.07, 6.45) is 0. The Hall–Kier alpha value is -1.68. The molecule has 1 heterocycles. The standard InChI is InChI=1S/C13H7BrFNO/c14-8-5-6-11(15)10(7-8)13-9-3-1-2-4-12(9)17-16-13/h1-7H. The number of benzene rings is 2. The first kappa shape index (κ1) is 10.5. The van der Waals surface area contributed by atoms with Crippen LogP contribution in [0, 0.1) is 5.82 Å². The van der Waals surface area contributed by atoms with Crippen molar-refractivity contribution >= 4 is 26.9 Å². The van der Waals surface area contributed by atoms with Gasteiger partial charge in [0.15, 0.2) is 5.58 Å². The molecule has 0 N–H and O–H groups in total. The summed E-state index contributed by atoms with van der Waals surface area (Å²) in [4.78, 5) is 0. The van der Waals surface area contributed by atoms with E-state index in [1.54, 1.807) is 12.1 Å². The Morgan fingerprint density at radius 2 is 1.94 bits per heavy atom. The Balaban J connectivity index is 2.31. The van der Waals surface area contributed by atoms with Gasteiger partial charge in [-0.15, -0.1) is 0 Å². The average Bonchev–Trinajstić information content (AvgIpc) is 2.76. The summed E-state index contributed by atoms with van der Waals surface area (Å²) in [5, 5.41) is 4.74. The molecule has 17 heavy (non-hydrogen) atoms. The van der Waals surface area contributed by atoms with Crippen LogP contribution >= 0.6 is 15.9 Å². The molecule has 84 valence electrons. The van der Waals surface area contributed by atoms with Gasteiger partial charge in [0, 0.05) is 15.4 Å². The van der Waals surface area contributed by atoms with Crippen LogP contribution in [0.15, 0.2) is 51.5 Å². The second-order valence-electron chi connectivity index (χ2n) is 3.65. The lowest BCUT2D eigenvalue weighted by Crippen LogP contribution is -1.84. The molecule has 0 unspecified atom stereocenters. The van der Waals surface area contributed by atoms with Crippen LogP contribution in [-0.2, 0) is 0 Å². The molecule has 0 aliphatic rings. The zero-order valence-corrected chi connectivity index (χ0v) is 10.2. The van der Waals surface area contributed by atoms with Crippen molar-refractivity contribution in [2.45, 2.75) is 0 Å². The number of aromatic nitrogens is 1. The fraction of sp³-hybridized carbons (Fsp3) is 0. The molecule has 0 spiro atoms. The summed E-state index contributed by atoms with van der Waals surface area (Å²) in [5.41, 5.74) is 1.62. The third-order valence-electron chi connectivity index (χ3n) is 2.56. The van der Waals surface area contributed by atoms with Gasteiger partial charge in [-0.05, 0) is 30.3 Å². The molecule has 0 atom stereocenters. The molecule has 2 aromatic carbocycles. The zero-order chi connectivity index (χ0) is 11.8. The lowest BCUT2D eigenvalue weighted by Gasteiger charge is -2.00. The average molecular weight is 292 g/mol. The van der Waals surface area contributed by atoms with Crippen molar-refractivity contribution in [2.75, 3.05) is 0 Å². The van der Waals surface area contributed by atoms with Gasteiger partial charge in [-0.2, -0.15) is 0 Å². The molecule has 0 aliphatic heterocycles. The van der Waals surface area contributed by atoms with Crippen LogP contribution in [0.3, 0.4) is 0 Å². The molecule has 3 rings (SSSR count). The van der Waals surface area contributed by atoms with Crippen LogP contribution in [-0.4, -0.2) is 5.16 Å². The molecular weight excluding hydrogens is 285 g/mol. The summed E-state index contributed by atoms with van der Waals surface area (Å²) in [6, 6.07) is 12.2. The Labute approximate surface area is 105 Å². The maximum absolute atomic E-state index is 13.8. The molecule has 2 nitrogen and oxygen atoms in total. The number of nitrogens with zero attached hydrogens (tertiary/aromatic N) is 1. The molecule has 0 radical (unpaired) electrons. The minimum absolute atomic E-state index is 0.313. The van der Waals surface area contributed by atoms with Gasteiger partial charge in [0.05, 0.1) is 0 Å². The molecule has 1 aromatic heterocycles. The molecular formula is C13H7BrFNO. The van der Waals surface area contributed by atoms with Gasteiger partial charge in [-0.3, -0.25) is 0 Å². The van der Waals surface area contributed by atoms with E-state index in [9.17, 15) is 4.39 Å². The zero-order valence-electron chi connectivity index (χ0n) is 8.65. The topological polar surface area (TPSA) is 26.0 Å². The fourth-order valence-corrected chi connectivity index (χ4v) is 2.12. The van der Waals surface area contributed by atoms with Gasteiger partial charge in [0.2, 0.25) is 0 Å². The van der Waals surface area contributed by atoms with Gasteiger partial charge in [-0.1, -0.05) is 33.2 Å². The van der Waals surface area contributed by atoms with Gasteiger partial charge in [-0.25, -0.2) is 4.39 Å². The van der Waals surface area contributed by atoms with E-state index in [1.807, 2.05) is 24.3 Å². The minimum Gasteiger partial charge on any atom is -0.356 e. The molecule has 0 bridgehead atoms. The Bertz CT molecular complexity index is 693. The molecule has 0 amide bonds. The number of hydrogen-bond acceptors (Lipinski definition) is 2. The first-order valence-corrected chi connectivity index (χ1v) is 5.85. The van der Waals surface area contributed by atoms with Crippen LogP contribution in [0.4, 0.5) is 4.39 Å². The van der Waals surface area contributed by atoms with Gasteiger partial charge in [0.1, 0.15) is 11.5 Å². The van der Waals surface area contributed by atoms with Gasteiger partial charge in [0.25, 0.3) is 0 Å². The smallest absolute Gasteiger partial charge is 0.167 e. The highest BCUT2D eigenvalue weighted by Gasteiger charge is 2.13. The van der Waals surface area contributed by atoms with Crippen LogP contribution in [0.1, 0.15) is 0 Å². The van der Waals surface area contributed by atoms with E-state index in [0.717, 1.165) is 9.86 Å². The minimum atomic E-state index is -0.313. The SMILES string of the molecule is Fc1ccc(Br)cc1-c1noc2ccccc12. The second-order valence-corrected chi connectivity index (χ2v) is 4.57. The lowest BCUT2D eigenvalue weighted by atomic mass is 10.1.